The Morgan fingerprint density at radius 2 is 2.02 bits per heavy atom. The lowest BCUT2D eigenvalue weighted by molar-refractivity contribution is -0.142. The molecule has 206 valence electrons. The molecule has 6 heterocycles. The number of fused-ring (bicyclic) bond motifs is 2. The molecule has 1 N–H and O–H groups in total. The number of aliphatic hydroxyl groups excluding tert-OH is 1. The molecule has 0 radical (unpaired) electrons. The van der Waals surface area contributed by atoms with Gasteiger partial charge in [0.25, 0.3) is 0 Å². The van der Waals surface area contributed by atoms with Gasteiger partial charge < -0.3 is 19.8 Å². The van der Waals surface area contributed by atoms with Crippen molar-refractivity contribution in [3.8, 4) is 17.3 Å². The highest BCUT2D eigenvalue weighted by Gasteiger charge is 2.43. The standard InChI is InChI=1S/C26H26FN9O2S2/c1-32(25-30-23(20(8-28)39-25)15-2-4-17(27)5-3-15)21-9-29-24-36(21)31-26(40-24)35-10-16-6-7-33(19(16)13-35)14-22(38)34-11-18(37)12-34/h2-5,9,16,18-19,37H,6-7,10-14H2,1H3. The molecule has 0 aliphatic carbocycles. The number of thiazole rings is 1. The molecule has 14 heteroatoms. The molecule has 2 atom stereocenters. The molecule has 3 aromatic heterocycles. The Morgan fingerprint density at radius 1 is 1.23 bits per heavy atom. The van der Waals surface area contributed by atoms with Crippen LogP contribution in [-0.4, -0.2) is 98.9 Å². The number of hydrogen-bond acceptors (Lipinski definition) is 11. The van der Waals surface area contributed by atoms with Crippen molar-refractivity contribution in [3.63, 3.8) is 0 Å². The van der Waals surface area contributed by atoms with Gasteiger partial charge in [-0.25, -0.2) is 14.4 Å². The van der Waals surface area contributed by atoms with Gasteiger partial charge in [0, 0.05) is 44.8 Å². The predicted octanol–water partition coefficient (Wildman–Crippen LogP) is 2.41. The number of nitriles is 1. The van der Waals surface area contributed by atoms with Crippen LogP contribution in [0, 0.1) is 23.1 Å². The van der Waals surface area contributed by atoms with Crippen molar-refractivity contribution < 1.29 is 14.3 Å². The van der Waals surface area contributed by atoms with Crippen LogP contribution in [0.4, 0.5) is 20.5 Å². The SMILES string of the molecule is CN(c1nc(-c2ccc(F)cc2)c(C#N)s1)c1cnc2sc(N3CC4CCN(CC(=O)N5CC(O)C5)C4C3)nn12. The highest BCUT2D eigenvalue weighted by Crippen LogP contribution is 2.39. The van der Waals surface area contributed by atoms with Crippen LogP contribution >= 0.6 is 22.7 Å². The van der Waals surface area contributed by atoms with Crippen molar-refractivity contribution in [1.29, 1.82) is 5.26 Å². The lowest BCUT2D eigenvalue weighted by Crippen LogP contribution is -2.56. The number of nitrogens with zero attached hydrogens (tertiary/aromatic N) is 9. The first kappa shape index (κ1) is 25.3. The van der Waals surface area contributed by atoms with Crippen LogP contribution in [-0.2, 0) is 4.79 Å². The van der Waals surface area contributed by atoms with Gasteiger partial charge in [0.1, 0.15) is 22.5 Å². The third-order valence-corrected chi connectivity index (χ3v) is 10.0. The minimum Gasteiger partial charge on any atom is -0.389 e. The van der Waals surface area contributed by atoms with Gasteiger partial charge >= 0.3 is 0 Å². The number of anilines is 3. The molecule has 3 fully saturated rings. The molecule has 40 heavy (non-hydrogen) atoms. The average molecular weight is 580 g/mol. The quantitative estimate of drug-likeness (QED) is 0.368. The van der Waals surface area contributed by atoms with E-state index >= 15 is 0 Å². The number of halogens is 1. The minimum atomic E-state index is -0.383. The summed E-state index contributed by atoms with van der Waals surface area (Å²) in [5.74, 6) is 0.961. The highest BCUT2D eigenvalue weighted by atomic mass is 32.1. The van der Waals surface area contributed by atoms with Crippen molar-refractivity contribution in [2.75, 3.05) is 56.1 Å². The maximum Gasteiger partial charge on any atom is 0.236 e. The van der Waals surface area contributed by atoms with Crippen LogP contribution < -0.4 is 9.80 Å². The van der Waals surface area contributed by atoms with Crippen molar-refractivity contribution in [2.45, 2.75) is 18.6 Å². The summed E-state index contributed by atoms with van der Waals surface area (Å²) in [4.78, 5) is 31.2. The zero-order chi connectivity index (χ0) is 27.5. The van der Waals surface area contributed by atoms with Gasteiger partial charge in [-0.2, -0.15) is 9.78 Å². The predicted molar refractivity (Wildman–Crippen MR) is 149 cm³/mol. The summed E-state index contributed by atoms with van der Waals surface area (Å²) < 4.78 is 15.2. The molecule has 0 bridgehead atoms. The Bertz CT molecular complexity index is 1620. The van der Waals surface area contributed by atoms with E-state index in [0.717, 1.165) is 42.0 Å². The van der Waals surface area contributed by atoms with E-state index in [1.807, 2.05) is 11.9 Å². The molecule has 2 unspecified atom stereocenters. The molecule has 3 saturated heterocycles. The number of β-amino-alcohol motifs (C(OH)–C–C–N with tert-alkyl or cyclic N) is 1. The van der Waals surface area contributed by atoms with Crippen molar-refractivity contribution >= 4 is 49.6 Å². The van der Waals surface area contributed by atoms with Gasteiger partial charge in [0.05, 0.1) is 18.8 Å². The summed E-state index contributed by atoms with van der Waals surface area (Å²) in [5, 5.41) is 25.6. The Morgan fingerprint density at radius 3 is 2.77 bits per heavy atom. The maximum absolute atomic E-state index is 13.4. The van der Waals surface area contributed by atoms with Crippen molar-refractivity contribution in [2.24, 2.45) is 5.92 Å². The van der Waals surface area contributed by atoms with Crippen LogP contribution in [0.2, 0.25) is 0 Å². The molecular weight excluding hydrogens is 553 g/mol. The summed E-state index contributed by atoms with van der Waals surface area (Å²) >= 11 is 2.79. The number of aromatic nitrogens is 4. The highest BCUT2D eigenvalue weighted by molar-refractivity contribution is 7.20. The summed E-state index contributed by atoms with van der Waals surface area (Å²) in [5.41, 5.74) is 1.20. The second kappa shape index (κ2) is 9.77. The minimum absolute atomic E-state index is 0.0918. The number of benzene rings is 1. The van der Waals surface area contributed by atoms with Crippen molar-refractivity contribution in [3.05, 3.63) is 41.2 Å². The largest absolute Gasteiger partial charge is 0.389 e. The molecule has 11 nitrogen and oxygen atoms in total. The number of likely N-dealkylation sites (tertiary alicyclic amines) is 2. The third-order valence-electron chi connectivity index (χ3n) is 8.01. The van der Waals surface area contributed by atoms with E-state index in [1.165, 1.54) is 34.8 Å². The van der Waals surface area contributed by atoms with E-state index in [9.17, 15) is 19.6 Å². The molecule has 4 aromatic rings. The van der Waals surface area contributed by atoms with Gasteiger partial charge in [-0.1, -0.05) is 22.7 Å². The first-order valence-electron chi connectivity index (χ1n) is 13.1. The van der Waals surface area contributed by atoms with E-state index in [-0.39, 0.29) is 17.8 Å². The fraction of sp³-hybridized carbons (Fsp3) is 0.423. The molecule has 3 aliphatic heterocycles. The number of carbonyl (C=O) groups excluding carboxylic acids is 1. The number of amides is 1. The van der Waals surface area contributed by atoms with E-state index in [1.54, 1.807) is 27.7 Å². The van der Waals surface area contributed by atoms with Crippen LogP contribution in [0.3, 0.4) is 0 Å². The van der Waals surface area contributed by atoms with E-state index in [0.29, 0.717) is 52.9 Å². The Labute approximate surface area is 237 Å². The lowest BCUT2D eigenvalue weighted by atomic mass is 10.1. The zero-order valence-electron chi connectivity index (χ0n) is 21.6. The molecule has 0 spiro atoms. The van der Waals surface area contributed by atoms with Gasteiger partial charge in [-0.15, -0.1) is 5.10 Å². The number of imidazole rings is 1. The molecule has 1 aromatic carbocycles. The fourth-order valence-electron chi connectivity index (χ4n) is 5.79. The summed E-state index contributed by atoms with van der Waals surface area (Å²) in [7, 11) is 1.86. The monoisotopic (exact) mass is 579 g/mol. The topological polar surface area (TPSA) is 117 Å². The lowest BCUT2D eigenvalue weighted by Gasteiger charge is -2.37. The number of carbonyl (C=O) groups is 1. The maximum atomic E-state index is 13.4. The Balaban J connectivity index is 1.09. The van der Waals surface area contributed by atoms with Crippen LogP contribution in [0.25, 0.3) is 16.2 Å². The third kappa shape index (κ3) is 4.29. The normalized spacial score (nSPS) is 21.1. The molecule has 3 aliphatic rings. The van der Waals surface area contributed by atoms with Gasteiger partial charge in [-0.3, -0.25) is 9.69 Å². The number of rotatable bonds is 6. The molecule has 7 rings (SSSR count). The number of aliphatic hydroxyl groups is 1. The second-order valence-corrected chi connectivity index (χ2v) is 12.4. The van der Waals surface area contributed by atoms with E-state index in [2.05, 4.69) is 20.9 Å². The Hall–Kier alpha value is -3.64. The van der Waals surface area contributed by atoms with E-state index < -0.39 is 0 Å². The smallest absolute Gasteiger partial charge is 0.236 e. The zero-order valence-corrected chi connectivity index (χ0v) is 23.3. The average Bonchev–Trinajstić information content (AvgIpc) is 3.73. The van der Waals surface area contributed by atoms with Gasteiger partial charge in [-0.05, 0) is 43.1 Å². The molecular formula is C26H26FN9O2S2. The second-order valence-electron chi connectivity index (χ2n) is 10.5. The van der Waals surface area contributed by atoms with Crippen LogP contribution in [0.1, 0.15) is 11.3 Å². The van der Waals surface area contributed by atoms with Crippen LogP contribution in [0.15, 0.2) is 30.5 Å². The summed E-state index contributed by atoms with van der Waals surface area (Å²) in [6, 6.07) is 8.48. The molecule has 0 saturated carbocycles. The first-order valence-corrected chi connectivity index (χ1v) is 14.7. The van der Waals surface area contributed by atoms with Crippen molar-refractivity contribution in [1.82, 2.24) is 29.4 Å². The number of hydrogen-bond donors (Lipinski definition) is 1. The van der Waals surface area contributed by atoms with Gasteiger partial charge in [0.15, 0.2) is 10.9 Å². The molecule has 1 amide bonds. The van der Waals surface area contributed by atoms with Gasteiger partial charge in [0.2, 0.25) is 16.0 Å². The summed E-state index contributed by atoms with van der Waals surface area (Å²) in [6.45, 7) is 3.89. The Kier molecular flexibility index (Phi) is 6.19. The summed E-state index contributed by atoms with van der Waals surface area (Å²) in [6.07, 6.45) is 2.41. The van der Waals surface area contributed by atoms with Crippen LogP contribution in [0.5, 0.6) is 0 Å². The first-order chi connectivity index (χ1) is 19.4. The fourth-order valence-corrected chi connectivity index (χ4v) is 7.54. The van der Waals surface area contributed by atoms with E-state index in [4.69, 9.17) is 10.1 Å².